The second kappa shape index (κ2) is 9.02. The number of nitrogens with zero attached hydrogens (tertiary/aromatic N) is 2. The Morgan fingerprint density at radius 1 is 1.22 bits per heavy atom. The fourth-order valence-electron chi connectivity index (χ4n) is 3.73. The highest BCUT2D eigenvalue weighted by molar-refractivity contribution is 5.79. The van der Waals surface area contributed by atoms with Crippen LogP contribution >= 0.6 is 0 Å². The maximum Gasteiger partial charge on any atom is 0.237 e. The standard InChI is InChI=1S/C22H28N2O3/c1-23(15-17-7-4-3-5-8-17)16-21(25)24-14-6-9-20(24)22(26)18-10-12-19(27-2)13-11-18/h3-5,7-8,10-13,20,22,26H,6,9,14-16H2,1-2H3/t20-,22+/m0/s1. The summed E-state index contributed by atoms with van der Waals surface area (Å²) in [4.78, 5) is 16.7. The smallest absolute Gasteiger partial charge is 0.237 e. The van der Waals surface area contributed by atoms with Crippen molar-refractivity contribution in [2.75, 3.05) is 27.2 Å². The third-order valence-corrected chi connectivity index (χ3v) is 5.14. The van der Waals surface area contributed by atoms with Crippen LogP contribution in [0.5, 0.6) is 5.75 Å². The van der Waals surface area contributed by atoms with Crippen LogP contribution in [0, 0.1) is 0 Å². The van der Waals surface area contributed by atoms with Crippen LogP contribution in [0.25, 0.3) is 0 Å². The molecule has 0 spiro atoms. The zero-order valence-electron chi connectivity index (χ0n) is 16.0. The Morgan fingerprint density at radius 3 is 2.59 bits per heavy atom. The molecule has 0 aliphatic carbocycles. The monoisotopic (exact) mass is 368 g/mol. The molecule has 2 atom stereocenters. The van der Waals surface area contributed by atoms with Gasteiger partial charge in [0.25, 0.3) is 0 Å². The van der Waals surface area contributed by atoms with Crippen LogP contribution in [0.1, 0.15) is 30.1 Å². The average molecular weight is 368 g/mol. The van der Waals surface area contributed by atoms with E-state index in [0.29, 0.717) is 13.1 Å². The number of hydrogen-bond acceptors (Lipinski definition) is 4. The molecule has 1 amide bonds. The zero-order valence-corrected chi connectivity index (χ0v) is 16.0. The fourth-order valence-corrected chi connectivity index (χ4v) is 3.73. The third kappa shape index (κ3) is 4.87. The first-order valence-corrected chi connectivity index (χ1v) is 9.42. The van der Waals surface area contributed by atoms with Crippen LogP contribution in [0.15, 0.2) is 54.6 Å². The van der Waals surface area contributed by atoms with Gasteiger partial charge in [-0.05, 0) is 43.1 Å². The quantitative estimate of drug-likeness (QED) is 0.817. The minimum atomic E-state index is -0.679. The van der Waals surface area contributed by atoms with E-state index in [2.05, 4.69) is 12.1 Å². The van der Waals surface area contributed by atoms with Crippen molar-refractivity contribution in [3.05, 3.63) is 65.7 Å². The molecule has 0 saturated carbocycles. The molecule has 3 rings (SSSR count). The number of benzene rings is 2. The van der Waals surface area contributed by atoms with E-state index in [4.69, 9.17) is 4.74 Å². The number of hydrogen-bond donors (Lipinski definition) is 1. The maximum absolute atomic E-state index is 12.8. The lowest BCUT2D eigenvalue weighted by Gasteiger charge is -2.30. The van der Waals surface area contributed by atoms with Gasteiger partial charge in [0.1, 0.15) is 5.75 Å². The molecule has 0 aromatic heterocycles. The highest BCUT2D eigenvalue weighted by Crippen LogP contribution is 2.30. The van der Waals surface area contributed by atoms with Crippen molar-refractivity contribution in [1.82, 2.24) is 9.80 Å². The molecule has 5 nitrogen and oxygen atoms in total. The normalized spacial score (nSPS) is 17.9. The Hall–Kier alpha value is -2.37. The summed E-state index contributed by atoms with van der Waals surface area (Å²) in [5.41, 5.74) is 2.00. The molecular weight excluding hydrogens is 340 g/mol. The Kier molecular flexibility index (Phi) is 6.48. The van der Waals surface area contributed by atoms with Gasteiger partial charge in [0.05, 0.1) is 25.8 Å². The van der Waals surface area contributed by atoms with Crippen LogP contribution in [0.2, 0.25) is 0 Å². The molecule has 2 aromatic rings. The van der Waals surface area contributed by atoms with E-state index in [1.165, 1.54) is 5.56 Å². The van der Waals surface area contributed by atoms with Crippen LogP contribution < -0.4 is 4.74 Å². The van der Waals surface area contributed by atoms with Crippen molar-refractivity contribution in [1.29, 1.82) is 0 Å². The summed E-state index contributed by atoms with van der Waals surface area (Å²) in [6, 6.07) is 17.4. The van der Waals surface area contributed by atoms with Crippen LogP contribution in [-0.4, -0.2) is 54.1 Å². The lowest BCUT2D eigenvalue weighted by Crippen LogP contribution is -2.43. The van der Waals surface area contributed by atoms with Crippen molar-refractivity contribution in [2.45, 2.75) is 31.5 Å². The molecule has 5 heteroatoms. The third-order valence-electron chi connectivity index (χ3n) is 5.14. The van der Waals surface area contributed by atoms with Crippen molar-refractivity contribution in [2.24, 2.45) is 0 Å². The molecule has 1 fully saturated rings. The molecule has 1 N–H and O–H groups in total. The molecule has 2 aromatic carbocycles. The van der Waals surface area contributed by atoms with Gasteiger partial charge in [-0.2, -0.15) is 0 Å². The number of aliphatic hydroxyl groups is 1. The number of methoxy groups -OCH3 is 1. The van der Waals surface area contributed by atoms with Crippen LogP contribution in [0.4, 0.5) is 0 Å². The van der Waals surface area contributed by atoms with E-state index in [1.54, 1.807) is 7.11 Å². The van der Waals surface area contributed by atoms with Gasteiger partial charge < -0.3 is 14.7 Å². The van der Waals surface area contributed by atoms with Gasteiger partial charge in [-0.3, -0.25) is 9.69 Å². The molecule has 1 heterocycles. The number of amides is 1. The number of carbonyl (C=O) groups excluding carboxylic acids is 1. The van der Waals surface area contributed by atoms with Gasteiger partial charge in [0.2, 0.25) is 5.91 Å². The van der Waals surface area contributed by atoms with Crippen molar-refractivity contribution in [3.8, 4) is 5.75 Å². The van der Waals surface area contributed by atoms with Gasteiger partial charge in [-0.25, -0.2) is 0 Å². The summed E-state index contributed by atoms with van der Waals surface area (Å²) in [5.74, 6) is 0.830. The molecule has 27 heavy (non-hydrogen) atoms. The van der Waals surface area contributed by atoms with Gasteiger partial charge in [0.15, 0.2) is 0 Å². The lowest BCUT2D eigenvalue weighted by molar-refractivity contribution is -0.135. The van der Waals surface area contributed by atoms with E-state index in [-0.39, 0.29) is 11.9 Å². The van der Waals surface area contributed by atoms with Crippen molar-refractivity contribution in [3.63, 3.8) is 0 Å². The number of likely N-dealkylation sites (N-methyl/N-ethyl adjacent to an activating group) is 1. The maximum atomic E-state index is 12.8. The van der Waals surface area contributed by atoms with Crippen LogP contribution in [-0.2, 0) is 11.3 Å². The second-order valence-electron chi connectivity index (χ2n) is 7.17. The molecule has 0 radical (unpaired) electrons. The summed E-state index contributed by atoms with van der Waals surface area (Å²) >= 11 is 0. The number of likely N-dealkylation sites (tertiary alicyclic amines) is 1. The summed E-state index contributed by atoms with van der Waals surface area (Å²) in [5, 5.41) is 10.8. The highest BCUT2D eigenvalue weighted by Gasteiger charge is 2.34. The first-order valence-electron chi connectivity index (χ1n) is 9.42. The zero-order chi connectivity index (χ0) is 19.2. The Morgan fingerprint density at radius 2 is 1.93 bits per heavy atom. The minimum absolute atomic E-state index is 0.0727. The minimum Gasteiger partial charge on any atom is -0.497 e. The average Bonchev–Trinajstić information content (AvgIpc) is 3.18. The first kappa shape index (κ1) is 19.4. The predicted molar refractivity (Wildman–Crippen MR) is 105 cm³/mol. The lowest BCUT2D eigenvalue weighted by atomic mass is 10.00. The van der Waals surface area contributed by atoms with E-state index < -0.39 is 6.10 Å². The summed E-state index contributed by atoms with van der Waals surface area (Å²) in [6.45, 7) is 1.78. The first-order chi connectivity index (χ1) is 13.1. The van der Waals surface area contributed by atoms with Gasteiger partial charge in [0, 0.05) is 13.1 Å². The van der Waals surface area contributed by atoms with Gasteiger partial charge in [-0.1, -0.05) is 42.5 Å². The van der Waals surface area contributed by atoms with E-state index in [9.17, 15) is 9.90 Å². The largest absolute Gasteiger partial charge is 0.497 e. The molecule has 1 aliphatic rings. The molecule has 0 bridgehead atoms. The van der Waals surface area contributed by atoms with E-state index in [0.717, 1.165) is 30.7 Å². The highest BCUT2D eigenvalue weighted by atomic mass is 16.5. The number of carbonyl (C=O) groups is 1. The summed E-state index contributed by atoms with van der Waals surface area (Å²) in [7, 11) is 3.57. The summed E-state index contributed by atoms with van der Waals surface area (Å²) < 4.78 is 5.17. The van der Waals surface area contributed by atoms with Gasteiger partial charge in [-0.15, -0.1) is 0 Å². The molecule has 1 saturated heterocycles. The van der Waals surface area contributed by atoms with Crippen molar-refractivity contribution < 1.29 is 14.6 Å². The van der Waals surface area contributed by atoms with E-state index >= 15 is 0 Å². The molecular formula is C22H28N2O3. The second-order valence-corrected chi connectivity index (χ2v) is 7.17. The molecule has 1 aliphatic heterocycles. The van der Waals surface area contributed by atoms with E-state index in [1.807, 2.05) is 59.3 Å². The molecule has 0 unspecified atom stereocenters. The predicted octanol–water partition coefficient (Wildman–Crippen LogP) is 2.85. The Balaban J connectivity index is 1.61. The number of rotatable bonds is 7. The Labute approximate surface area is 161 Å². The van der Waals surface area contributed by atoms with Crippen LogP contribution in [0.3, 0.4) is 0 Å². The van der Waals surface area contributed by atoms with Gasteiger partial charge >= 0.3 is 0 Å². The summed E-state index contributed by atoms with van der Waals surface area (Å²) in [6.07, 6.45) is 1.06. The SMILES string of the molecule is COc1ccc([C@@H](O)[C@@H]2CCCN2C(=O)CN(C)Cc2ccccc2)cc1. The number of aliphatic hydroxyl groups excluding tert-OH is 1. The Bertz CT molecular complexity index is 733. The number of ether oxygens (including phenoxy) is 1. The van der Waals surface area contributed by atoms with Crippen molar-refractivity contribution >= 4 is 5.91 Å². The topological polar surface area (TPSA) is 53.0 Å². The fraction of sp³-hybridized carbons (Fsp3) is 0.409. The molecule has 144 valence electrons.